The summed E-state index contributed by atoms with van der Waals surface area (Å²) in [6.45, 7) is 5.84. The molecule has 4 aliphatic heterocycles. The summed E-state index contributed by atoms with van der Waals surface area (Å²) in [7, 11) is 0. The molecule has 37 heavy (non-hydrogen) atoms. The first-order valence-corrected chi connectivity index (χ1v) is 13.0. The monoisotopic (exact) mass is 498 g/mol. The molecular formula is C30H29FN3O3+. The number of ether oxygens (including phenoxy) is 2. The lowest BCUT2D eigenvalue weighted by atomic mass is 9.74. The number of piperidine rings is 3. The van der Waals surface area contributed by atoms with Gasteiger partial charge in [-0.2, -0.15) is 0 Å². The van der Waals surface area contributed by atoms with E-state index in [1.165, 1.54) is 12.1 Å². The van der Waals surface area contributed by atoms with Crippen molar-refractivity contribution in [2.24, 2.45) is 5.92 Å². The van der Waals surface area contributed by atoms with Gasteiger partial charge in [0.1, 0.15) is 35.0 Å². The molecule has 2 bridgehead atoms. The molecule has 1 unspecified atom stereocenters. The van der Waals surface area contributed by atoms with Gasteiger partial charge >= 0.3 is 0 Å². The van der Waals surface area contributed by atoms with Crippen molar-refractivity contribution in [3.8, 4) is 17.2 Å². The summed E-state index contributed by atoms with van der Waals surface area (Å²) < 4.78 is 33.2. The van der Waals surface area contributed by atoms with Gasteiger partial charge in [-0.25, -0.2) is 4.39 Å². The van der Waals surface area contributed by atoms with Gasteiger partial charge in [0.05, 0.1) is 13.1 Å². The average molecular weight is 499 g/mol. The molecule has 6 nitrogen and oxygen atoms in total. The molecule has 1 atom stereocenters. The van der Waals surface area contributed by atoms with Gasteiger partial charge in [0.2, 0.25) is 5.89 Å². The number of hydrogen-bond donors (Lipinski definition) is 0. The normalized spacial score (nSPS) is 25.1. The predicted octanol–water partition coefficient (Wildman–Crippen LogP) is 5.86. The Bertz CT molecular complexity index is 1400. The molecule has 0 aliphatic carbocycles. The minimum absolute atomic E-state index is 0.0992. The highest BCUT2D eigenvalue weighted by Gasteiger charge is 2.49. The second kappa shape index (κ2) is 8.42. The van der Waals surface area contributed by atoms with Crippen molar-refractivity contribution in [2.45, 2.75) is 37.8 Å². The maximum atomic E-state index is 13.4. The van der Waals surface area contributed by atoms with Gasteiger partial charge in [0.25, 0.3) is 5.89 Å². The number of halogens is 1. The number of rotatable bonds is 5. The van der Waals surface area contributed by atoms with Crippen LogP contribution in [0.4, 0.5) is 4.39 Å². The maximum absolute atomic E-state index is 13.4. The van der Waals surface area contributed by atoms with Gasteiger partial charge in [-0.15, -0.1) is 10.2 Å². The van der Waals surface area contributed by atoms with Gasteiger partial charge in [0.15, 0.2) is 12.6 Å². The third-order valence-electron chi connectivity index (χ3n) is 8.58. The van der Waals surface area contributed by atoms with E-state index in [4.69, 9.17) is 13.9 Å². The van der Waals surface area contributed by atoms with Crippen LogP contribution in [0.1, 0.15) is 42.7 Å². The van der Waals surface area contributed by atoms with Crippen LogP contribution in [0.25, 0.3) is 0 Å². The highest BCUT2D eigenvalue weighted by Crippen LogP contribution is 2.51. The molecule has 5 heterocycles. The van der Waals surface area contributed by atoms with Crippen molar-refractivity contribution in [1.82, 2.24) is 10.2 Å². The Morgan fingerprint density at radius 1 is 0.919 bits per heavy atom. The van der Waals surface area contributed by atoms with Crippen LogP contribution in [0.2, 0.25) is 0 Å². The Labute approximate surface area is 215 Å². The molecule has 4 aromatic rings. The molecule has 0 radical (unpaired) electrons. The van der Waals surface area contributed by atoms with Crippen molar-refractivity contribution in [2.75, 3.05) is 19.6 Å². The van der Waals surface area contributed by atoms with E-state index < -0.39 is 5.41 Å². The first kappa shape index (κ1) is 22.5. The largest absolute Gasteiger partial charge is 0.484 e. The van der Waals surface area contributed by atoms with Crippen LogP contribution >= 0.6 is 0 Å². The topological polar surface area (TPSA) is 57.4 Å². The zero-order valence-electron chi connectivity index (χ0n) is 20.8. The first-order chi connectivity index (χ1) is 18.0. The van der Waals surface area contributed by atoms with Crippen LogP contribution in [0.15, 0.2) is 77.2 Å². The molecule has 0 spiro atoms. The summed E-state index contributed by atoms with van der Waals surface area (Å²) in [5.41, 5.74) is 1.42. The van der Waals surface area contributed by atoms with Crippen molar-refractivity contribution in [3.63, 3.8) is 0 Å². The smallest absolute Gasteiger partial charge is 0.271 e. The summed E-state index contributed by atoms with van der Waals surface area (Å²) in [4.78, 5) is 0. The second-order valence-electron chi connectivity index (χ2n) is 10.8. The van der Waals surface area contributed by atoms with Crippen molar-refractivity contribution in [1.29, 1.82) is 0 Å². The molecule has 0 saturated carbocycles. The van der Waals surface area contributed by atoms with E-state index in [0.717, 1.165) is 65.3 Å². The zero-order chi connectivity index (χ0) is 25.0. The molecule has 0 amide bonds. The summed E-state index contributed by atoms with van der Waals surface area (Å²) in [6.07, 6.45) is 2.30. The second-order valence-corrected chi connectivity index (χ2v) is 10.8. The van der Waals surface area contributed by atoms with E-state index in [9.17, 15) is 4.39 Å². The van der Waals surface area contributed by atoms with Crippen molar-refractivity contribution < 1.29 is 22.8 Å². The van der Waals surface area contributed by atoms with Gasteiger partial charge < -0.3 is 18.4 Å². The number of nitrogens with zero attached hydrogens (tertiary/aromatic N) is 3. The molecule has 188 valence electrons. The Hall–Kier alpha value is -3.71. The Morgan fingerprint density at radius 2 is 1.57 bits per heavy atom. The first-order valence-electron chi connectivity index (χ1n) is 13.0. The lowest BCUT2D eigenvalue weighted by Crippen LogP contribution is -2.64. The Kier molecular flexibility index (Phi) is 5.11. The molecule has 3 saturated heterocycles. The molecule has 3 fully saturated rings. The van der Waals surface area contributed by atoms with Crippen molar-refractivity contribution in [3.05, 3.63) is 102 Å². The number of para-hydroxylation sites is 2. The van der Waals surface area contributed by atoms with E-state index in [1.807, 2.05) is 36.4 Å². The number of hydrogen-bond acceptors (Lipinski definition) is 5. The Morgan fingerprint density at radius 3 is 2.24 bits per heavy atom. The minimum Gasteiger partial charge on any atom is -0.484 e. The molecule has 3 aromatic carbocycles. The fourth-order valence-electron chi connectivity index (χ4n) is 6.50. The predicted molar refractivity (Wildman–Crippen MR) is 135 cm³/mol. The fraction of sp³-hybridized carbons (Fsp3) is 0.333. The Balaban J connectivity index is 1.17. The number of benzene rings is 3. The van der Waals surface area contributed by atoms with E-state index in [2.05, 4.69) is 29.3 Å². The van der Waals surface area contributed by atoms with Crippen LogP contribution in [0, 0.1) is 11.7 Å². The quantitative estimate of drug-likeness (QED) is 0.323. The van der Waals surface area contributed by atoms with Gasteiger partial charge in [-0.05, 0) is 43.3 Å². The third-order valence-corrected chi connectivity index (χ3v) is 8.58. The number of quaternary nitrogens is 1. The summed E-state index contributed by atoms with van der Waals surface area (Å²) in [5.74, 6) is 3.85. The highest BCUT2D eigenvalue weighted by molar-refractivity contribution is 5.60. The highest BCUT2D eigenvalue weighted by atomic mass is 19.1. The molecule has 1 aromatic heterocycles. The van der Waals surface area contributed by atoms with Crippen LogP contribution in [-0.2, 0) is 12.0 Å². The van der Waals surface area contributed by atoms with Crippen LogP contribution in [0.5, 0.6) is 17.2 Å². The van der Waals surface area contributed by atoms with E-state index in [-0.39, 0.29) is 11.9 Å². The molecular weight excluding hydrogens is 469 g/mol. The van der Waals surface area contributed by atoms with Gasteiger partial charge in [-0.3, -0.25) is 0 Å². The van der Waals surface area contributed by atoms with E-state index in [0.29, 0.717) is 24.2 Å². The minimum atomic E-state index is -0.611. The average Bonchev–Trinajstić information content (AvgIpc) is 3.39. The third kappa shape index (κ3) is 3.72. The SMILES string of the molecule is CC1(c2nnc(C[N+]34CCC(CC3)C(Oc3ccc(F)cc3)C4)o2)c2ccccc2Oc2ccccc21. The van der Waals surface area contributed by atoms with E-state index in [1.54, 1.807) is 12.1 Å². The molecule has 7 heteroatoms. The van der Waals surface area contributed by atoms with Crippen molar-refractivity contribution >= 4 is 0 Å². The molecule has 0 N–H and O–H groups in total. The standard InChI is InChI=1S/C30H29FN3O3/c1-30(23-6-2-4-8-25(23)36-26-9-5-3-7-24(26)30)29-33-32-28(37-29)19-34-16-14-20(15-17-34)27(18-34)35-22-12-10-21(31)11-13-22/h2-13,20,27H,14-19H2,1H3/q+1. The summed E-state index contributed by atoms with van der Waals surface area (Å²) in [6, 6.07) is 22.4. The molecule has 8 rings (SSSR count). The summed E-state index contributed by atoms with van der Waals surface area (Å²) in [5, 5.41) is 9.15. The number of fused-ring (bicyclic) bond motifs is 5. The summed E-state index contributed by atoms with van der Waals surface area (Å²) >= 11 is 0. The maximum Gasteiger partial charge on any atom is 0.271 e. The fourth-order valence-corrected chi connectivity index (χ4v) is 6.50. The van der Waals surface area contributed by atoms with Crippen LogP contribution in [-0.4, -0.2) is 40.4 Å². The molecule has 4 aliphatic rings. The number of aromatic nitrogens is 2. The van der Waals surface area contributed by atoms with Gasteiger partial charge in [-0.1, -0.05) is 36.4 Å². The van der Waals surface area contributed by atoms with Gasteiger partial charge in [0, 0.05) is 29.9 Å². The lowest BCUT2D eigenvalue weighted by molar-refractivity contribution is -0.959. The van der Waals surface area contributed by atoms with Crippen LogP contribution < -0.4 is 9.47 Å². The van der Waals surface area contributed by atoms with Crippen LogP contribution in [0.3, 0.4) is 0 Å². The van der Waals surface area contributed by atoms with E-state index >= 15 is 0 Å². The zero-order valence-corrected chi connectivity index (χ0v) is 20.8. The lowest BCUT2D eigenvalue weighted by Gasteiger charge is -2.51.